The average molecular weight is 326 g/mol. The molecule has 0 aromatic heterocycles. The van der Waals surface area contributed by atoms with E-state index in [4.69, 9.17) is 11.5 Å². The van der Waals surface area contributed by atoms with Crippen molar-refractivity contribution in [2.75, 3.05) is 10.6 Å². The van der Waals surface area contributed by atoms with Gasteiger partial charge in [0.2, 0.25) is 5.96 Å². The molecule has 0 bridgehead atoms. The zero-order valence-corrected chi connectivity index (χ0v) is 13.7. The molecule has 2 aromatic rings. The molecule has 0 unspecified atom stereocenters. The minimum atomic E-state index is -0.312. The molecule has 0 aliphatic carbocycles. The Hall–Kier alpha value is -3.35. The number of nitrogens with one attached hydrogen (secondary N) is 2. The topological polar surface area (TPSA) is 118 Å². The van der Waals surface area contributed by atoms with Gasteiger partial charge in [-0.3, -0.25) is 0 Å². The van der Waals surface area contributed by atoms with Crippen LogP contribution in [0.3, 0.4) is 0 Å². The molecule has 7 nitrogen and oxygen atoms in total. The van der Waals surface area contributed by atoms with Crippen molar-refractivity contribution in [1.82, 2.24) is 0 Å². The number of carbonyl (C=O) groups excluding carboxylic acids is 1. The van der Waals surface area contributed by atoms with Gasteiger partial charge < -0.3 is 22.1 Å². The van der Waals surface area contributed by atoms with E-state index in [9.17, 15) is 4.79 Å². The first kappa shape index (κ1) is 18.7. The number of hydrogen-bond acceptors (Lipinski definition) is 3. The van der Waals surface area contributed by atoms with Crippen molar-refractivity contribution in [3.05, 3.63) is 60.2 Å². The number of anilines is 2. The predicted octanol–water partition coefficient (Wildman–Crippen LogP) is 2.96. The van der Waals surface area contributed by atoms with Crippen molar-refractivity contribution in [2.24, 2.45) is 21.7 Å². The van der Waals surface area contributed by atoms with Crippen LogP contribution < -0.4 is 22.1 Å². The van der Waals surface area contributed by atoms with E-state index >= 15 is 0 Å². The van der Waals surface area contributed by atoms with E-state index in [1.54, 1.807) is 24.3 Å². The summed E-state index contributed by atoms with van der Waals surface area (Å²) in [7, 11) is 0. The molecule has 0 heterocycles. The van der Waals surface area contributed by atoms with Crippen LogP contribution in [0.15, 0.2) is 64.8 Å². The third kappa shape index (κ3) is 7.08. The standard InChI is InChI=1S/C15H16N6O.C2H6/c16-14(17)21-18-10-11-6-8-13(9-7-11)20-15(22)19-12-4-2-1-3-5-12;1-2/h1-10H,(H4,16,17,21)(H2,19,20,22);1-2H3/b18-10+;. The number of nitrogens with two attached hydrogens (primary N) is 2. The maximum absolute atomic E-state index is 11.8. The fourth-order valence-electron chi connectivity index (χ4n) is 1.63. The van der Waals surface area contributed by atoms with Crippen molar-refractivity contribution >= 4 is 29.6 Å². The molecule has 0 fully saturated rings. The van der Waals surface area contributed by atoms with Crippen LogP contribution in [-0.4, -0.2) is 18.2 Å². The van der Waals surface area contributed by atoms with Crippen LogP contribution in [0.25, 0.3) is 0 Å². The summed E-state index contributed by atoms with van der Waals surface area (Å²) in [6.07, 6.45) is 1.51. The summed E-state index contributed by atoms with van der Waals surface area (Å²) in [6, 6.07) is 15.9. The zero-order chi connectivity index (χ0) is 17.8. The summed E-state index contributed by atoms with van der Waals surface area (Å²) in [6.45, 7) is 4.00. The molecule has 2 amide bonds. The Morgan fingerprint density at radius 1 is 0.917 bits per heavy atom. The minimum Gasteiger partial charge on any atom is -0.369 e. The molecule has 2 rings (SSSR count). The Morgan fingerprint density at radius 3 is 2.00 bits per heavy atom. The van der Waals surface area contributed by atoms with E-state index in [0.717, 1.165) is 11.3 Å². The number of hydrogen-bond donors (Lipinski definition) is 4. The molecule has 0 radical (unpaired) electrons. The van der Waals surface area contributed by atoms with Gasteiger partial charge in [-0.05, 0) is 29.8 Å². The summed E-state index contributed by atoms with van der Waals surface area (Å²) in [4.78, 5) is 11.8. The Kier molecular flexibility index (Phi) is 8.09. The highest BCUT2D eigenvalue weighted by molar-refractivity contribution is 5.99. The summed E-state index contributed by atoms with van der Waals surface area (Å²) in [5.41, 5.74) is 12.5. The normalized spacial score (nSPS) is 9.58. The van der Waals surface area contributed by atoms with E-state index in [2.05, 4.69) is 20.8 Å². The largest absolute Gasteiger partial charge is 0.369 e. The minimum absolute atomic E-state index is 0.105. The first-order chi connectivity index (χ1) is 11.6. The Balaban J connectivity index is 0.00000139. The van der Waals surface area contributed by atoms with Gasteiger partial charge in [-0.1, -0.05) is 44.2 Å². The first-order valence-corrected chi connectivity index (χ1v) is 7.48. The number of carbonyl (C=O) groups is 1. The third-order valence-electron chi connectivity index (χ3n) is 2.58. The van der Waals surface area contributed by atoms with Crippen molar-refractivity contribution in [3.8, 4) is 0 Å². The van der Waals surface area contributed by atoms with E-state index in [1.165, 1.54) is 6.21 Å². The van der Waals surface area contributed by atoms with Crippen molar-refractivity contribution in [2.45, 2.75) is 13.8 Å². The van der Waals surface area contributed by atoms with Gasteiger partial charge in [0.05, 0.1) is 6.21 Å². The summed E-state index contributed by atoms with van der Waals surface area (Å²) >= 11 is 0. The van der Waals surface area contributed by atoms with Crippen LogP contribution >= 0.6 is 0 Å². The molecule has 2 aromatic carbocycles. The van der Waals surface area contributed by atoms with E-state index in [-0.39, 0.29) is 12.0 Å². The fraction of sp³-hybridized carbons (Fsp3) is 0.118. The summed E-state index contributed by atoms with van der Waals surface area (Å²) < 4.78 is 0. The third-order valence-corrected chi connectivity index (χ3v) is 2.58. The molecule has 7 heteroatoms. The van der Waals surface area contributed by atoms with Crippen molar-refractivity contribution in [1.29, 1.82) is 0 Å². The van der Waals surface area contributed by atoms with Crippen molar-refractivity contribution in [3.63, 3.8) is 0 Å². The highest BCUT2D eigenvalue weighted by atomic mass is 16.2. The molecular formula is C17H22N6O. The number of urea groups is 1. The Labute approximate surface area is 141 Å². The fourth-order valence-corrected chi connectivity index (χ4v) is 1.63. The molecule has 0 saturated carbocycles. The highest BCUT2D eigenvalue weighted by Gasteiger charge is 2.01. The summed E-state index contributed by atoms with van der Waals surface area (Å²) in [5, 5.41) is 12.7. The van der Waals surface area contributed by atoms with Gasteiger partial charge in [-0.2, -0.15) is 5.10 Å². The molecule has 0 saturated heterocycles. The number of nitrogens with zero attached hydrogens (tertiary/aromatic N) is 2. The molecule has 0 aliphatic rings. The first-order valence-electron chi connectivity index (χ1n) is 7.48. The maximum atomic E-state index is 11.8. The lowest BCUT2D eigenvalue weighted by Crippen LogP contribution is -2.21. The second-order valence-electron chi connectivity index (χ2n) is 4.34. The quantitative estimate of drug-likeness (QED) is 0.393. The molecule has 0 aliphatic heterocycles. The monoisotopic (exact) mass is 326 g/mol. The van der Waals surface area contributed by atoms with Gasteiger partial charge in [-0.15, -0.1) is 5.10 Å². The Morgan fingerprint density at radius 2 is 1.46 bits per heavy atom. The second kappa shape index (κ2) is 10.4. The number of guanidine groups is 1. The number of rotatable bonds is 4. The smallest absolute Gasteiger partial charge is 0.323 e. The molecule has 6 N–H and O–H groups in total. The average Bonchev–Trinajstić information content (AvgIpc) is 2.59. The van der Waals surface area contributed by atoms with Crippen molar-refractivity contribution < 1.29 is 4.79 Å². The van der Waals surface area contributed by atoms with Gasteiger partial charge in [-0.25, -0.2) is 4.79 Å². The van der Waals surface area contributed by atoms with Crippen LogP contribution in [0.2, 0.25) is 0 Å². The van der Waals surface area contributed by atoms with E-state index in [0.29, 0.717) is 5.69 Å². The maximum Gasteiger partial charge on any atom is 0.323 e. The number of benzene rings is 2. The lowest BCUT2D eigenvalue weighted by molar-refractivity contribution is 0.262. The zero-order valence-electron chi connectivity index (χ0n) is 13.7. The van der Waals surface area contributed by atoms with Crippen LogP contribution in [0.1, 0.15) is 19.4 Å². The lowest BCUT2D eigenvalue weighted by Gasteiger charge is -2.07. The second-order valence-corrected chi connectivity index (χ2v) is 4.34. The van der Waals surface area contributed by atoms with Gasteiger partial charge in [0, 0.05) is 11.4 Å². The van der Waals surface area contributed by atoms with Crippen LogP contribution in [0.5, 0.6) is 0 Å². The summed E-state index contributed by atoms with van der Waals surface area (Å²) in [5.74, 6) is -0.105. The van der Waals surface area contributed by atoms with Crippen LogP contribution in [0, 0.1) is 0 Å². The van der Waals surface area contributed by atoms with Crippen LogP contribution in [-0.2, 0) is 0 Å². The predicted molar refractivity (Wildman–Crippen MR) is 100 cm³/mol. The molecule has 0 atom stereocenters. The SMILES string of the molecule is CC.NC(N)=N/N=C/c1ccc(NC(=O)Nc2ccccc2)cc1. The Bertz CT molecular complexity index is 676. The molecule has 126 valence electrons. The molecular weight excluding hydrogens is 304 g/mol. The van der Waals surface area contributed by atoms with Crippen LogP contribution in [0.4, 0.5) is 16.2 Å². The van der Waals surface area contributed by atoms with Gasteiger partial charge in [0.15, 0.2) is 0 Å². The van der Waals surface area contributed by atoms with Gasteiger partial charge in [0.1, 0.15) is 0 Å². The highest BCUT2D eigenvalue weighted by Crippen LogP contribution is 2.10. The van der Waals surface area contributed by atoms with E-state index in [1.807, 2.05) is 44.2 Å². The van der Waals surface area contributed by atoms with Gasteiger partial charge in [0.25, 0.3) is 0 Å². The molecule has 0 spiro atoms. The van der Waals surface area contributed by atoms with E-state index < -0.39 is 0 Å². The number of amides is 2. The van der Waals surface area contributed by atoms with Gasteiger partial charge >= 0.3 is 6.03 Å². The molecule has 24 heavy (non-hydrogen) atoms. The number of para-hydroxylation sites is 1. The lowest BCUT2D eigenvalue weighted by atomic mass is 10.2.